The van der Waals surface area contributed by atoms with Gasteiger partial charge in [0.1, 0.15) is 4.90 Å². The fourth-order valence-electron chi connectivity index (χ4n) is 1.40. The molecule has 19 heavy (non-hydrogen) atoms. The van der Waals surface area contributed by atoms with Crippen LogP contribution < -0.4 is 10.5 Å². The number of ether oxygens (including phenoxy) is 1. The summed E-state index contributed by atoms with van der Waals surface area (Å²) in [5.74, 6) is -0.475. The number of hydrogen-bond acceptors (Lipinski definition) is 5. The molecule has 0 saturated carbocycles. The van der Waals surface area contributed by atoms with Gasteiger partial charge in [0.05, 0.1) is 23.7 Å². The number of anilines is 1. The second kappa shape index (κ2) is 6.74. The van der Waals surface area contributed by atoms with Gasteiger partial charge in [-0.15, -0.1) is 0 Å². The Kier molecular flexibility index (Phi) is 5.59. The van der Waals surface area contributed by atoms with E-state index in [4.69, 9.17) is 17.3 Å². The molecule has 0 saturated heterocycles. The Morgan fingerprint density at radius 3 is 2.74 bits per heavy atom. The Bertz CT molecular complexity index is 540. The minimum atomic E-state index is -3.85. The predicted molar refractivity (Wildman–Crippen MR) is 72.3 cm³/mol. The summed E-state index contributed by atoms with van der Waals surface area (Å²) in [6.45, 7) is 1.85. The zero-order valence-electron chi connectivity index (χ0n) is 10.3. The van der Waals surface area contributed by atoms with Crippen molar-refractivity contribution in [1.82, 2.24) is 4.72 Å². The van der Waals surface area contributed by atoms with E-state index >= 15 is 0 Å². The first-order chi connectivity index (χ1) is 8.88. The van der Waals surface area contributed by atoms with Crippen LogP contribution in [0.25, 0.3) is 0 Å². The van der Waals surface area contributed by atoms with Crippen LogP contribution in [0.2, 0.25) is 5.02 Å². The number of nitrogens with one attached hydrogen (secondary N) is 1. The molecule has 106 valence electrons. The van der Waals surface area contributed by atoms with Crippen molar-refractivity contribution >= 4 is 33.3 Å². The predicted octanol–water partition coefficient (Wildman–Crippen LogP) is 1.15. The van der Waals surface area contributed by atoms with Crippen molar-refractivity contribution in [2.45, 2.75) is 18.2 Å². The number of sulfonamides is 1. The van der Waals surface area contributed by atoms with Gasteiger partial charge < -0.3 is 10.5 Å². The van der Waals surface area contributed by atoms with Gasteiger partial charge in [0.2, 0.25) is 10.0 Å². The molecule has 0 amide bonds. The lowest BCUT2D eigenvalue weighted by atomic mass is 10.3. The lowest BCUT2D eigenvalue weighted by molar-refractivity contribution is -0.142. The Labute approximate surface area is 116 Å². The molecule has 0 radical (unpaired) electrons. The van der Waals surface area contributed by atoms with Gasteiger partial charge in [-0.2, -0.15) is 0 Å². The van der Waals surface area contributed by atoms with Crippen LogP contribution in [0.1, 0.15) is 13.3 Å². The molecule has 1 aromatic carbocycles. The van der Waals surface area contributed by atoms with Gasteiger partial charge in [0, 0.05) is 6.54 Å². The number of carbonyl (C=O) groups excluding carboxylic acids is 1. The second-order valence-electron chi connectivity index (χ2n) is 3.61. The van der Waals surface area contributed by atoms with Crippen LogP contribution in [0, 0.1) is 0 Å². The average molecular weight is 307 g/mol. The van der Waals surface area contributed by atoms with Crippen molar-refractivity contribution in [2.24, 2.45) is 0 Å². The number of halogens is 1. The summed E-state index contributed by atoms with van der Waals surface area (Å²) in [6.07, 6.45) is -0.0581. The summed E-state index contributed by atoms with van der Waals surface area (Å²) in [4.78, 5) is 10.9. The summed E-state index contributed by atoms with van der Waals surface area (Å²) >= 11 is 5.81. The van der Waals surface area contributed by atoms with Crippen molar-refractivity contribution in [3.05, 3.63) is 23.2 Å². The second-order valence-corrected chi connectivity index (χ2v) is 5.72. The Balaban J connectivity index is 2.74. The summed E-state index contributed by atoms with van der Waals surface area (Å²) in [7, 11) is -3.85. The number of rotatable bonds is 6. The third-order valence-electron chi connectivity index (χ3n) is 2.19. The molecule has 0 heterocycles. The van der Waals surface area contributed by atoms with E-state index < -0.39 is 16.0 Å². The Morgan fingerprint density at radius 2 is 2.16 bits per heavy atom. The van der Waals surface area contributed by atoms with Gasteiger partial charge >= 0.3 is 5.97 Å². The normalized spacial score (nSPS) is 11.3. The van der Waals surface area contributed by atoms with Crippen LogP contribution in [0.15, 0.2) is 23.1 Å². The van der Waals surface area contributed by atoms with Crippen LogP contribution in [0.4, 0.5) is 5.69 Å². The Morgan fingerprint density at radius 1 is 1.47 bits per heavy atom. The molecule has 0 aliphatic carbocycles. The molecule has 1 rings (SSSR count). The molecular formula is C11H15ClN2O4S. The van der Waals surface area contributed by atoms with E-state index in [9.17, 15) is 13.2 Å². The van der Waals surface area contributed by atoms with Gasteiger partial charge in [0.15, 0.2) is 0 Å². The summed E-state index contributed by atoms with van der Waals surface area (Å²) in [5.41, 5.74) is 5.64. The highest BCUT2D eigenvalue weighted by molar-refractivity contribution is 7.89. The standard InChI is InChI=1S/C11H15ClN2O4S/c1-2-18-10(15)6-7-14-19(16,17)11-8(12)4-3-5-9(11)13/h3-5,14H,2,6-7,13H2,1H3. The number of nitrogens with two attached hydrogens (primary N) is 1. The minimum absolute atomic E-state index is 0.0311. The van der Waals surface area contributed by atoms with Crippen molar-refractivity contribution in [2.75, 3.05) is 18.9 Å². The minimum Gasteiger partial charge on any atom is -0.466 e. The molecule has 8 heteroatoms. The maximum Gasteiger partial charge on any atom is 0.307 e. The molecule has 0 unspecified atom stereocenters. The first-order valence-corrected chi connectivity index (χ1v) is 7.44. The molecule has 0 atom stereocenters. The van der Waals surface area contributed by atoms with E-state index in [0.717, 1.165) is 0 Å². The van der Waals surface area contributed by atoms with E-state index in [-0.39, 0.29) is 35.2 Å². The van der Waals surface area contributed by atoms with Crippen LogP contribution in [-0.4, -0.2) is 27.5 Å². The Hall–Kier alpha value is -1.31. The van der Waals surface area contributed by atoms with Crippen molar-refractivity contribution in [1.29, 1.82) is 0 Å². The first-order valence-electron chi connectivity index (χ1n) is 5.57. The SMILES string of the molecule is CCOC(=O)CCNS(=O)(=O)c1c(N)cccc1Cl. The summed E-state index contributed by atoms with van der Waals surface area (Å²) in [6, 6.07) is 4.42. The molecule has 6 nitrogen and oxygen atoms in total. The third kappa shape index (κ3) is 4.38. The number of hydrogen-bond donors (Lipinski definition) is 2. The van der Waals surface area contributed by atoms with Crippen LogP contribution in [0.3, 0.4) is 0 Å². The van der Waals surface area contributed by atoms with Crippen LogP contribution in [-0.2, 0) is 19.6 Å². The van der Waals surface area contributed by atoms with Crippen LogP contribution in [0.5, 0.6) is 0 Å². The molecule has 1 aromatic rings. The number of carbonyl (C=O) groups is 1. The lowest BCUT2D eigenvalue weighted by Crippen LogP contribution is -2.27. The maximum absolute atomic E-state index is 12.0. The maximum atomic E-state index is 12.0. The van der Waals surface area contributed by atoms with Gasteiger partial charge in [-0.1, -0.05) is 17.7 Å². The number of esters is 1. The van der Waals surface area contributed by atoms with Gasteiger partial charge in [-0.05, 0) is 19.1 Å². The monoisotopic (exact) mass is 306 g/mol. The van der Waals surface area contributed by atoms with E-state index in [1.807, 2.05) is 0 Å². The molecule has 0 spiro atoms. The highest BCUT2D eigenvalue weighted by atomic mass is 35.5. The van der Waals surface area contributed by atoms with Crippen LogP contribution >= 0.6 is 11.6 Å². The lowest BCUT2D eigenvalue weighted by Gasteiger charge is -2.10. The van der Waals surface area contributed by atoms with E-state index in [2.05, 4.69) is 9.46 Å². The molecule has 0 aliphatic rings. The van der Waals surface area contributed by atoms with Crippen molar-refractivity contribution in [3.63, 3.8) is 0 Å². The van der Waals surface area contributed by atoms with Gasteiger partial charge in [0.25, 0.3) is 0 Å². The van der Waals surface area contributed by atoms with Gasteiger partial charge in [-0.25, -0.2) is 13.1 Å². The highest BCUT2D eigenvalue weighted by Gasteiger charge is 2.20. The molecular weight excluding hydrogens is 292 g/mol. The van der Waals surface area contributed by atoms with E-state index in [1.165, 1.54) is 12.1 Å². The quantitative estimate of drug-likeness (QED) is 0.607. The van der Waals surface area contributed by atoms with Gasteiger partial charge in [-0.3, -0.25) is 4.79 Å². The molecule has 0 fully saturated rings. The fraction of sp³-hybridized carbons (Fsp3) is 0.364. The zero-order chi connectivity index (χ0) is 14.5. The zero-order valence-corrected chi connectivity index (χ0v) is 11.9. The average Bonchev–Trinajstić information content (AvgIpc) is 2.28. The third-order valence-corrected chi connectivity index (χ3v) is 4.20. The smallest absolute Gasteiger partial charge is 0.307 e. The molecule has 0 bridgehead atoms. The molecule has 0 aromatic heterocycles. The molecule has 0 aliphatic heterocycles. The van der Waals surface area contributed by atoms with Crippen molar-refractivity contribution < 1.29 is 17.9 Å². The summed E-state index contributed by atoms with van der Waals surface area (Å²) < 4.78 is 30.9. The first kappa shape index (κ1) is 15.7. The topological polar surface area (TPSA) is 98.5 Å². The fourth-order valence-corrected chi connectivity index (χ4v) is 3.11. The van der Waals surface area contributed by atoms with E-state index in [1.54, 1.807) is 13.0 Å². The van der Waals surface area contributed by atoms with Crippen molar-refractivity contribution in [3.8, 4) is 0 Å². The molecule has 3 N–H and O–H groups in total. The largest absolute Gasteiger partial charge is 0.466 e. The number of nitrogen functional groups attached to an aromatic ring is 1. The number of benzene rings is 1. The highest BCUT2D eigenvalue weighted by Crippen LogP contribution is 2.26. The summed E-state index contributed by atoms with van der Waals surface area (Å²) in [5, 5.41) is 0.0311. The van der Waals surface area contributed by atoms with E-state index in [0.29, 0.717) is 0 Å².